The summed E-state index contributed by atoms with van der Waals surface area (Å²) in [6.07, 6.45) is 4.78. The number of hydrogen-bond acceptors (Lipinski definition) is 3. The van der Waals surface area contributed by atoms with Gasteiger partial charge in [0.15, 0.2) is 6.04 Å². The van der Waals surface area contributed by atoms with E-state index in [1.165, 1.54) is 17.3 Å². The molecule has 64 valence electrons. The fraction of sp³-hybridized carbons (Fsp3) is 0.571. The Labute approximate surface area is 69.0 Å². The summed E-state index contributed by atoms with van der Waals surface area (Å²) in [6.45, 7) is 0. The third-order valence-electron chi connectivity index (χ3n) is 2.04. The van der Waals surface area contributed by atoms with Gasteiger partial charge in [-0.2, -0.15) is 5.10 Å². The molecule has 1 unspecified atom stereocenters. The third kappa shape index (κ3) is 1.17. The molecule has 1 N–H and O–H groups in total. The summed E-state index contributed by atoms with van der Waals surface area (Å²) < 4.78 is 1.42. The Kier molecular flexibility index (Phi) is 1.56. The van der Waals surface area contributed by atoms with E-state index in [2.05, 4.69) is 10.1 Å². The van der Waals surface area contributed by atoms with Crippen LogP contribution in [0.25, 0.3) is 0 Å². The molecule has 0 amide bonds. The molecular formula is C7H9N3O2. The maximum absolute atomic E-state index is 10.8. The van der Waals surface area contributed by atoms with Crippen molar-refractivity contribution in [1.82, 2.24) is 14.8 Å². The van der Waals surface area contributed by atoms with E-state index in [-0.39, 0.29) is 5.92 Å². The van der Waals surface area contributed by atoms with Gasteiger partial charge in [-0.25, -0.2) is 14.5 Å². The van der Waals surface area contributed by atoms with Crippen LogP contribution in [0.1, 0.15) is 18.9 Å². The Morgan fingerprint density at radius 2 is 2.42 bits per heavy atom. The first-order chi connectivity index (χ1) is 5.79. The van der Waals surface area contributed by atoms with Crippen LogP contribution in [0.4, 0.5) is 0 Å². The van der Waals surface area contributed by atoms with Crippen molar-refractivity contribution in [2.24, 2.45) is 5.92 Å². The molecular weight excluding hydrogens is 158 g/mol. The number of hydrogen-bond donors (Lipinski definition) is 1. The number of carbonyl (C=O) groups is 1. The van der Waals surface area contributed by atoms with Crippen molar-refractivity contribution in [1.29, 1.82) is 0 Å². The molecule has 5 nitrogen and oxygen atoms in total. The van der Waals surface area contributed by atoms with Gasteiger partial charge in [0.2, 0.25) is 0 Å². The van der Waals surface area contributed by atoms with Crippen molar-refractivity contribution in [2.45, 2.75) is 18.9 Å². The monoisotopic (exact) mass is 167 g/mol. The smallest absolute Gasteiger partial charge is 0.328 e. The summed E-state index contributed by atoms with van der Waals surface area (Å²) in [5.41, 5.74) is 0. The number of carboxylic acid groups (broad SMARTS) is 1. The van der Waals surface area contributed by atoms with Crippen LogP contribution in [0.5, 0.6) is 0 Å². The van der Waals surface area contributed by atoms with E-state index < -0.39 is 12.0 Å². The predicted octanol–water partition coefficient (Wildman–Crippen LogP) is 0.314. The van der Waals surface area contributed by atoms with E-state index in [0.717, 1.165) is 12.8 Å². The van der Waals surface area contributed by atoms with Gasteiger partial charge in [0, 0.05) is 0 Å². The zero-order valence-corrected chi connectivity index (χ0v) is 6.42. The Bertz CT molecular complexity index is 279. The van der Waals surface area contributed by atoms with Crippen molar-refractivity contribution >= 4 is 5.97 Å². The summed E-state index contributed by atoms with van der Waals surface area (Å²) in [7, 11) is 0. The summed E-state index contributed by atoms with van der Waals surface area (Å²) >= 11 is 0. The van der Waals surface area contributed by atoms with Crippen LogP contribution in [0.3, 0.4) is 0 Å². The fourth-order valence-corrected chi connectivity index (χ4v) is 1.30. The summed E-state index contributed by atoms with van der Waals surface area (Å²) in [5.74, 6) is -0.563. The summed E-state index contributed by atoms with van der Waals surface area (Å²) in [6, 6.07) is -0.507. The highest BCUT2D eigenvalue weighted by Gasteiger charge is 2.38. The molecule has 0 spiro atoms. The highest BCUT2D eigenvalue weighted by molar-refractivity contribution is 5.72. The molecule has 1 aromatic heterocycles. The Hall–Kier alpha value is -1.39. The van der Waals surface area contributed by atoms with Gasteiger partial charge in [0.05, 0.1) is 0 Å². The van der Waals surface area contributed by atoms with E-state index in [4.69, 9.17) is 5.11 Å². The molecule has 0 radical (unpaired) electrons. The lowest BCUT2D eigenvalue weighted by Gasteiger charge is -2.09. The van der Waals surface area contributed by atoms with Crippen LogP contribution < -0.4 is 0 Å². The first-order valence-corrected chi connectivity index (χ1v) is 3.86. The van der Waals surface area contributed by atoms with Gasteiger partial charge in [0.25, 0.3) is 0 Å². The van der Waals surface area contributed by atoms with Gasteiger partial charge in [-0.15, -0.1) is 0 Å². The van der Waals surface area contributed by atoms with Gasteiger partial charge < -0.3 is 5.11 Å². The number of rotatable bonds is 3. The number of carboxylic acids is 1. The molecule has 0 aliphatic heterocycles. The number of aliphatic carboxylic acids is 1. The van der Waals surface area contributed by atoms with Crippen LogP contribution in [0.15, 0.2) is 12.7 Å². The molecule has 1 fully saturated rings. The largest absolute Gasteiger partial charge is 0.480 e. The van der Waals surface area contributed by atoms with Gasteiger partial charge in [-0.05, 0) is 18.8 Å². The maximum Gasteiger partial charge on any atom is 0.328 e. The molecule has 0 aromatic carbocycles. The highest BCUT2D eigenvalue weighted by Crippen LogP contribution is 2.39. The number of aromatic nitrogens is 3. The molecule has 1 heterocycles. The first kappa shape index (κ1) is 7.27. The van der Waals surface area contributed by atoms with Gasteiger partial charge in [0.1, 0.15) is 12.7 Å². The van der Waals surface area contributed by atoms with Crippen LogP contribution in [-0.2, 0) is 4.79 Å². The van der Waals surface area contributed by atoms with E-state index >= 15 is 0 Å². The topological polar surface area (TPSA) is 68.0 Å². The molecule has 5 heteroatoms. The Balaban J connectivity index is 2.21. The molecule has 1 aliphatic carbocycles. The maximum atomic E-state index is 10.8. The van der Waals surface area contributed by atoms with Crippen LogP contribution in [0.2, 0.25) is 0 Å². The molecule has 1 aromatic rings. The zero-order chi connectivity index (χ0) is 8.55. The van der Waals surface area contributed by atoms with Gasteiger partial charge in [-0.1, -0.05) is 0 Å². The van der Waals surface area contributed by atoms with Crippen molar-refractivity contribution in [2.75, 3.05) is 0 Å². The SMILES string of the molecule is O=C(O)C(C1CC1)n1cncn1. The van der Waals surface area contributed by atoms with Crippen LogP contribution in [0, 0.1) is 5.92 Å². The van der Waals surface area contributed by atoms with Crippen molar-refractivity contribution < 1.29 is 9.90 Å². The Morgan fingerprint density at radius 1 is 1.67 bits per heavy atom. The van der Waals surface area contributed by atoms with Gasteiger partial charge in [-0.3, -0.25) is 0 Å². The first-order valence-electron chi connectivity index (χ1n) is 3.86. The van der Waals surface area contributed by atoms with Crippen LogP contribution in [-0.4, -0.2) is 25.8 Å². The highest BCUT2D eigenvalue weighted by atomic mass is 16.4. The van der Waals surface area contributed by atoms with Crippen molar-refractivity contribution in [3.8, 4) is 0 Å². The minimum absolute atomic E-state index is 0.254. The van der Waals surface area contributed by atoms with Crippen molar-refractivity contribution in [3.63, 3.8) is 0 Å². The van der Waals surface area contributed by atoms with E-state index in [1.807, 2.05) is 0 Å². The second kappa shape index (κ2) is 2.58. The minimum atomic E-state index is -0.817. The zero-order valence-electron chi connectivity index (χ0n) is 6.42. The Morgan fingerprint density at radius 3 is 2.83 bits per heavy atom. The van der Waals surface area contributed by atoms with E-state index in [1.54, 1.807) is 0 Å². The average molecular weight is 167 g/mol. The third-order valence-corrected chi connectivity index (χ3v) is 2.04. The minimum Gasteiger partial charge on any atom is -0.480 e. The molecule has 0 saturated heterocycles. The summed E-state index contributed by atoms with van der Waals surface area (Å²) in [4.78, 5) is 14.5. The molecule has 1 aliphatic rings. The quantitative estimate of drug-likeness (QED) is 0.703. The second-order valence-corrected chi connectivity index (χ2v) is 3.00. The average Bonchev–Trinajstić information content (AvgIpc) is 2.65. The standard InChI is InChI=1S/C7H9N3O2/c11-7(12)6(5-1-2-5)10-4-8-3-9-10/h3-6H,1-2H2,(H,11,12). The second-order valence-electron chi connectivity index (χ2n) is 3.00. The van der Waals surface area contributed by atoms with E-state index in [0.29, 0.717) is 0 Å². The summed E-state index contributed by atoms with van der Waals surface area (Å²) in [5, 5.41) is 12.7. The van der Waals surface area contributed by atoms with Crippen LogP contribution >= 0.6 is 0 Å². The lowest BCUT2D eigenvalue weighted by molar-refractivity contribution is -0.141. The molecule has 12 heavy (non-hydrogen) atoms. The van der Waals surface area contributed by atoms with E-state index in [9.17, 15) is 4.79 Å². The fourth-order valence-electron chi connectivity index (χ4n) is 1.30. The normalized spacial score (nSPS) is 19.0. The number of nitrogens with zero attached hydrogens (tertiary/aromatic N) is 3. The van der Waals surface area contributed by atoms with Crippen molar-refractivity contribution in [3.05, 3.63) is 12.7 Å². The predicted molar refractivity (Wildman–Crippen MR) is 39.4 cm³/mol. The molecule has 1 saturated carbocycles. The van der Waals surface area contributed by atoms with Gasteiger partial charge >= 0.3 is 5.97 Å². The lowest BCUT2D eigenvalue weighted by Crippen LogP contribution is -2.21. The molecule has 2 rings (SSSR count). The molecule has 1 atom stereocenters. The molecule has 0 bridgehead atoms. The lowest BCUT2D eigenvalue weighted by atomic mass is 10.2.